The molecule has 6 rings (SSSR count). The topological polar surface area (TPSA) is 116 Å². The van der Waals surface area contributed by atoms with Crippen LogP contribution in [0.5, 0.6) is 0 Å². The molecule has 4 amide bonds. The molecule has 2 aliphatic heterocycles. The van der Waals surface area contributed by atoms with Crippen molar-refractivity contribution < 1.29 is 14.4 Å². The number of pyridine rings is 2. The first-order valence-electron chi connectivity index (χ1n) is 12.3. The molecule has 3 N–H and O–H groups in total. The Morgan fingerprint density at radius 2 is 1.78 bits per heavy atom. The Labute approximate surface area is 218 Å². The summed E-state index contributed by atoms with van der Waals surface area (Å²) in [6.45, 7) is 1.49. The van der Waals surface area contributed by atoms with Gasteiger partial charge in [0, 0.05) is 42.5 Å². The second-order valence-electron chi connectivity index (χ2n) is 9.47. The van der Waals surface area contributed by atoms with E-state index in [1.165, 1.54) is 18.7 Å². The molecule has 2 unspecified atom stereocenters. The molecule has 1 saturated carbocycles. The van der Waals surface area contributed by atoms with Crippen molar-refractivity contribution in [3.63, 3.8) is 0 Å². The number of rotatable bonds is 5. The third-order valence-electron chi connectivity index (χ3n) is 7.07. The van der Waals surface area contributed by atoms with Gasteiger partial charge in [-0.2, -0.15) is 0 Å². The lowest BCUT2D eigenvalue weighted by atomic mass is 9.99. The minimum absolute atomic E-state index is 0.0779. The number of nitrogens with zero attached hydrogens (tertiary/aromatic N) is 3. The molecule has 3 aromatic rings. The number of anilines is 2. The van der Waals surface area contributed by atoms with Crippen LogP contribution in [0.15, 0.2) is 66.0 Å². The van der Waals surface area contributed by atoms with Crippen molar-refractivity contribution in [3.05, 3.63) is 66.5 Å². The van der Waals surface area contributed by atoms with E-state index in [-0.39, 0.29) is 29.9 Å². The Bertz CT molecular complexity index is 1380. The largest absolute Gasteiger partial charge is 0.352 e. The first kappa shape index (κ1) is 23.5. The van der Waals surface area contributed by atoms with E-state index in [4.69, 9.17) is 0 Å². The average molecular weight is 515 g/mol. The first-order chi connectivity index (χ1) is 18.0. The third-order valence-corrected chi connectivity index (χ3v) is 8.36. The number of hydrogen-bond acceptors (Lipinski definition) is 6. The van der Waals surface area contributed by atoms with Gasteiger partial charge in [0.1, 0.15) is 10.3 Å². The fourth-order valence-electron chi connectivity index (χ4n) is 5.44. The summed E-state index contributed by atoms with van der Waals surface area (Å²) < 4.78 is 0. The predicted molar refractivity (Wildman–Crippen MR) is 140 cm³/mol. The summed E-state index contributed by atoms with van der Waals surface area (Å²) in [5, 5.41) is 9.31. The molecule has 0 spiro atoms. The van der Waals surface area contributed by atoms with E-state index in [0.717, 1.165) is 41.1 Å². The zero-order chi connectivity index (χ0) is 25.5. The van der Waals surface area contributed by atoms with E-state index in [2.05, 4.69) is 25.9 Å². The van der Waals surface area contributed by atoms with E-state index in [0.29, 0.717) is 11.4 Å². The van der Waals surface area contributed by atoms with Gasteiger partial charge in [-0.05, 0) is 37.5 Å². The zero-order valence-electron chi connectivity index (χ0n) is 20.2. The standard InChI is InChI=1S/C27H26N6O3S/c1-15(34)30-18-8-5-9-19(18)31-25(35)24-23-22-21(11-13-29-26(22)37-24)33(27(36)32-23)17-10-12-28-20(14-17)16-6-3-2-4-7-16/h2-4,6-7,10-14,18-19,23-24H,5,8-9H2,1H3,(H,30,34)(H,31,35)(H,32,36)/t18-,19+,23?,24?/m1/s1. The van der Waals surface area contributed by atoms with Crippen LogP contribution in [0.1, 0.15) is 37.8 Å². The normalized spacial score (nSPS) is 23.8. The molecule has 0 saturated heterocycles. The number of hydrogen-bond donors (Lipinski definition) is 3. The zero-order valence-corrected chi connectivity index (χ0v) is 21.0. The lowest BCUT2D eigenvalue weighted by Crippen LogP contribution is -2.53. The second-order valence-corrected chi connectivity index (χ2v) is 10.6. The van der Waals surface area contributed by atoms with Crippen molar-refractivity contribution in [1.82, 2.24) is 25.9 Å². The molecule has 9 nitrogen and oxygen atoms in total. The van der Waals surface area contributed by atoms with Gasteiger partial charge in [0.05, 0.1) is 23.1 Å². The van der Waals surface area contributed by atoms with Crippen LogP contribution in [0.2, 0.25) is 0 Å². The maximum absolute atomic E-state index is 13.5. The van der Waals surface area contributed by atoms with Gasteiger partial charge in [0.15, 0.2) is 0 Å². The van der Waals surface area contributed by atoms with Gasteiger partial charge in [-0.15, -0.1) is 0 Å². The number of urea groups is 1. The molecule has 1 aliphatic carbocycles. The molecule has 10 heteroatoms. The second kappa shape index (κ2) is 9.51. The number of amides is 4. The van der Waals surface area contributed by atoms with Crippen LogP contribution in [-0.4, -0.2) is 45.1 Å². The lowest BCUT2D eigenvalue weighted by Gasteiger charge is -2.34. The molecule has 2 aromatic heterocycles. The molecule has 0 radical (unpaired) electrons. The highest BCUT2D eigenvalue weighted by Gasteiger charge is 2.47. The number of thioether (sulfide) groups is 1. The van der Waals surface area contributed by atoms with Crippen molar-refractivity contribution >= 4 is 41.0 Å². The van der Waals surface area contributed by atoms with Crippen LogP contribution >= 0.6 is 11.8 Å². The summed E-state index contributed by atoms with van der Waals surface area (Å²) in [5.74, 6) is -0.265. The highest BCUT2D eigenvalue weighted by molar-refractivity contribution is 8.01. The van der Waals surface area contributed by atoms with Crippen molar-refractivity contribution in [3.8, 4) is 11.3 Å². The smallest absolute Gasteiger partial charge is 0.327 e. The highest BCUT2D eigenvalue weighted by Crippen LogP contribution is 2.50. The quantitative estimate of drug-likeness (QED) is 0.478. The Hall–Kier alpha value is -3.92. The van der Waals surface area contributed by atoms with E-state index in [1.807, 2.05) is 42.5 Å². The molecule has 4 heterocycles. The number of carbonyl (C=O) groups excluding carboxylic acids is 3. The van der Waals surface area contributed by atoms with Gasteiger partial charge in [0.25, 0.3) is 0 Å². The molecule has 188 valence electrons. The number of carbonyl (C=O) groups is 3. The van der Waals surface area contributed by atoms with Gasteiger partial charge in [-0.3, -0.25) is 19.5 Å². The van der Waals surface area contributed by atoms with E-state index < -0.39 is 11.3 Å². The van der Waals surface area contributed by atoms with Gasteiger partial charge in [0.2, 0.25) is 11.8 Å². The molecular formula is C27H26N6O3S. The summed E-state index contributed by atoms with van der Waals surface area (Å²) in [7, 11) is 0. The van der Waals surface area contributed by atoms with E-state index in [9.17, 15) is 14.4 Å². The van der Waals surface area contributed by atoms with Crippen LogP contribution in [0.3, 0.4) is 0 Å². The first-order valence-corrected chi connectivity index (χ1v) is 13.2. The summed E-state index contributed by atoms with van der Waals surface area (Å²) in [4.78, 5) is 49.1. The lowest BCUT2D eigenvalue weighted by molar-refractivity contribution is -0.123. The molecular weight excluding hydrogens is 488 g/mol. The molecule has 1 fully saturated rings. The molecule has 0 bridgehead atoms. The summed E-state index contributed by atoms with van der Waals surface area (Å²) in [6, 6.07) is 14.3. The van der Waals surface area contributed by atoms with Gasteiger partial charge in [-0.25, -0.2) is 9.78 Å². The Morgan fingerprint density at radius 3 is 2.57 bits per heavy atom. The van der Waals surface area contributed by atoms with Crippen molar-refractivity contribution in [1.29, 1.82) is 0 Å². The number of aromatic nitrogens is 2. The van der Waals surface area contributed by atoms with Crippen LogP contribution in [0.25, 0.3) is 11.3 Å². The third kappa shape index (κ3) is 4.31. The summed E-state index contributed by atoms with van der Waals surface area (Å²) >= 11 is 1.36. The number of benzene rings is 1. The Balaban J connectivity index is 1.28. The van der Waals surface area contributed by atoms with Crippen molar-refractivity contribution in [2.24, 2.45) is 0 Å². The predicted octanol–water partition coefficient (Wildman–Crippen LogP) is 3.69. The van der Waals surface area contributed by atoms with Crippen LogP contribution < -0.4 is 20.9 Å². The van der Waals surface area contributed by atoms with E-state index in [1.54, 1.807) is 23.4 Å². The highest BCUT2D eigenvalue weighted by atomic mass is 32.2. The average Bonchev–Trinajstić information content (AvgIpc) is 3.49. The molecule has 4 atom stereocenters. The van der Waals surface area contributed by atoms with Crippen molar-refractivity contribution in [2.75, 3.05) is 4.90 Å². The van der Waals surface area contributed by atoms with Crippen LogP contribution in [0, 0.1) is 0 Å². The maximum Gasteiger partial charge on any atom is 0.327 e. The van der Waals surface area contributed by atoms with Gasteiger partial charge >= 0.3 is 6.03 Å². The minimum Gasteiger partial charge on any atom is -0.352 e. The molecule has 3 aliphatic rings. The minimum atomic E-state index is -0.550. The maximum atomic E-state index is 13.5. The van der Waals surface area contributed by atoms with Crippen LogP contribution in [0.4, 0.5) is 16.2 Å². The fraction of sp³-hybridized carbons (Fsp3) is 0.296. The summed E-state index contributed by atoms with van der Waals surface area (Å²) in [6.07, 6.45) is 5.94. The Kier molecular flexibility index (Phi) is 6.03. The summed E-state index contributed by atoms with van der Waals surface area (Å²) in [5.41, 5.74) is 3.95. The van der Waals surface area contributed by atoms with Gasteiger partial charge in [-0.1, -0.05) is 42.1 Å². The van der Waals surface area contributed by atoms with Crippen molar-refractivity contribution in [2.45, 2.75) is 54.6 Å². The van der Waals surface area contributed by atoms with Gasteiger partial charge < -0.3 is 16.0 Å². The molecule has 37 heavy (non-hydrogen) atoms. The Morgan fingerprint density at radius 1 is 1.03 bits per heavy atom. The monoisotopic (exact) mass is 514 g/mol. The molecule has 1 aromatic carbocycles. The fourth-order valence-corrected chi connectivity index (χ4v) is 6.67. The van der Waals surface area contributed by atoms with Crippen LogP contribution in [-0.2, 0) is 9.59 Å². The SMILES string of the molecule is CC(=O)N[C@@H]1CCC[C@@H]1NC(=O)C1Sc2nccc3c2C1NC(=O)N3c1ccnc(-c2ccccc2)c1. The van der Waals surface area contributed by atoms with E-state index >= 15 is 0 Å². The number of nitrogens with one attached hydrogen (secondary N) is 3.